The lowest BCUT2D eigenvalue weighted by atomic mass is 10.2. The molecule has 0 atom stereocenters. The fourth-order valence-electron chi connectivity index (χ4n) is 1.50. The number of carbonyl (C=O) groups is 1. The lowest BCUT2D eigenvalue weighted by molar-refractivity contribution is -0.115. The largest absolute Gasteiger partial charge is 0.423 e. The second-order valence-electron chi connectivity index (χ2n) is 4.41. The Bertz CT molecular complexity index is 520. The average molecular weight is 260 g/mol. The van der Waals surface area contributed by atoms with Crippen LogP contribution >= 0.6 is 0 Å². The summed E-state index contributed by atoms with van der Waals surface area (Å²) in [5, 5.41) is 13.3. The zero-order valence-corrected chi connectivity index (χ0v) is 10.9. The van der Waals surface area contributed by atoms with Gasteiger partial charge in [0, 0.05) is 17.3 Å². The molecule has 1 heterocycles. The summed E-state index contributed by atoms with van der Waals surface area (Å²) in [6.45, 7) is 4.28. The van der Waals surface area contributed by atoms with E-state index in [0.717, 1.165) is 11.3 Å². The number of hydrogen-bond acceptors (Lipinski definition) is 5. The lowest BCUT2D eigenvalue weighted by Gasteiger charge is -2.09. The predicted octanol–water partition coefficient (Wildman–Crippen LogP) is 1.67. The number of amides is 1. The molecule has 0 aliphatic rings. The monoisotopic (exact) mass is 260 g/mol. The number of carbonyl (C=O) groups excluding carboxylic acids is 1. The number of benzene rings is 1. The van der Waals surface area contributed by atoms with Crippen LogP contribution in [0.2, 0.25) is 0 Å². The molecule has 1 aromatic carbocycles. The van der Waals surface area contributed by atoms with Crippen molar-refractivity contribution in [2.45, 2.75) is 19.9 Å². The molecule has 2 aromatic rings. The van der Waals surface area contributed by atoms with Gasteiger partial charge in [0.05, 0.1) is 6.54 Å². The van der Waals surface area contributed by atoms with Crippen molar-refractivity contribution in [1.82, 2.24) is 15.5 Å². The Kier molecular flexibility index (Phi) is 4.25. The number of aromatic nitrogens is 2. The predicted molar refractivity (Wildman–Crippen MR) is 71.5 cm³/mol. The van der Waals surface area contributed by atoms with Crippen LogP contribution in [0.25, 0.3) is 11.5 Å². The lowest BCUT2D eigenvalue weighted by Crippen LogP contribution is -2.32. The van der Waals surface area contributed by atoms with E-state index < -0.39 is 0 Å². The van der Waals surface area contributed by atoms with E-state index in [1.807, 2.05) is 26.0 Å². The normalized spacial score (nSPS) is 10.7. The fourth-order valence-corrected chi connectivity index (χ4v) is 1.50. The van der Waals surface area contributed by atoms with Crippen LogP contribution in [0.5, 0.6) is 0 Å². The Morgan fingerprint density at radius 2 is 2.05 bits per heavy atom. The highest BCUT2D eigenvalue weighted by Gasteiger charge is 2.05. The molecule has 0 spiro atoms. The molecular weight excluding hydrogens is 244 g/mol. The highest BCUT2D eigenvalue weighted by atomic mass is 16.4. The number of nitrogens with one attached hydrogen (secondary N) is 2. The Labute approximate surface area is 111 Å². The van der Waals surface area contributed by atoms with Crippen LogP contribution in [0.4, 0.5) is 5.69 Å². The molecule has 6 heteroatoms. The summed E-state index contributed by atoms with van der Waals surface area (Å²) in [4.78, 5) is 11.6. The molecule has 0 radical (unpaired) electrons. The third-order valence-corrected chi connectivity index (χ3v) is 2.45. The molecular formula is C13H16N4O2. The molecule has 2 N–H and O–H groups in total. The molecule has 0 saturated carbocycles. The maximum Gasteiger partial charge on any atom is 0.247 e. The summed E-state index contributed by atoms with van der Waals surface area (Å²) in [5.41, 5.74) is 1.55. The summed E-state index contributed by atoms with van der Waals surface area (Å²) in [6, 6.07) is 7.52. The minimum absolute atomic E-state index is 0.0701. The van der Waals surface area contributed by atoms with Crippen molar-refractivity contribution in [3.63, 3.8) is 0 Å². The van der Waals surface area contributed by atoms with Gasteiger partial charge in [-0.3, -0.25) is 4.79 Å². The van der Waals surface area contributed by atoms with Crippen molar-refractivity contribution in [1.29, 1.82) is 0 Å². The first-order valence-electron chi connectivity index (χ1n) is 6.05. The Morgan fingerprint density at radius 1 is 1.32 bits per heavy atom. The van der Waals surface area contributed by atoms with Crippen molar-refractivity contribution in [3.8, 4) is 11.5 Å². The van der Waals surface area contributed by atoms with E-state index in [4.69, 9.17) is 4.42 Å². The van der Waals surface area contributed by atoms with Crippen molar-refractivity contribution in [2.24, 2.45) is 0 Å². The van der Waals surface area contributed by atoms with Crippen LogP contribution in [0.3, 0.4) is 0 Å². The van der Waals surface area contributed by atoms with Gasteiger partial charge in [0.15, 0.2) is 0 Å². The second kappa shape index (κ2) is 6.10. The van der Waals surface area contributed by atoms with Gasteiger partial charge in [-0.25, -0.2) is 0 Å². The maximum atomic E-state index is 11.6. The van der Waals surface area contributed by atoms with Crippen molar-refractivity contribution >= 4 is 11.6 Å². The highest BCUT2D eigenvalue weighted by Crippen LogP contribution is 2.18. The molecule has 100 valence electrons. The van der Waals surface area contributed by atoms with Crippen molar-refractivity contribution in [2.75, 3.05) is 11.9 Å². The van der Waals surface area contributed by atoms with Crippen LogP contribution in [-0.2, 0) is 4.79 Å². The number of rotatable bonds is 5. The van der Waals surface area contributed by atoms with E-state index in [0.29, 0.717) is 12.4 Å². The number of hydrogen-bond donors (Lipinski definition) is 2. The van der Waals surface area contributed by atoms with Gasteiger partial charge in [-0.15, -0.1) is 10.2 Å². The summed E-state index contributed by atoms with van der Waals surface area (Å²) in [6.07, 6.45) is 1.28. The molecule has 0 fully saturated rings. The quantitative estimate of drug-likeness (QED) is 0.854. The van der Waals surface area contributed by atoms with E-state index in [2.05, 4.69) is 20.8 Å². The Balaban J connectivity index is 1.94. The Hall–Kier alpha value is -2.21. The van der Waals surface area contributed by atoms with E-state index in [9.17, 15) is 4.79 Å². The smallest absolute Gasteiger partial charge is 0.247 e. The first kappa shape index (κ1) is 13.2. The summed E-state index contributed by atoms with van der Waals surface area (Å²) >= 11 is 0. The molecule has 0 bridgehead atoms. The van der Waals surface area contributed by atoms with Gasteiger partial charge >= 0.3 is 0 Å². The van der Waals surface area contributed by atoms with Gasteiger partial charge in [0.2, 0.25) is 18.2 Å². The fraction of sp³-hybridized carbons (Fsp3) is 0.308. The van der Waals surface area contributed by atoms with Crippen LogP contribution in [0.15, 0.2) is 35.1 Å². The first-order valence-corrected chi connectivity index (χ1v) is 6.05. The van der Waals surface area contributed by atoms with E-state index in [1.54, 1.807) is 12.1 Å². The zero-order chi connectivity index (χ0) is 13.7. The molecule has 2 rings (SSSR count). The van der Waals surface area contributed by atoms with Crippen LogP contribution < -0.4 is 10.6 Å². The topological polar surface area (TPSA) is 80.0 Å². The minimum atomic E-state index is -0.0701. The van der Waals surface area contributed by atoms with Gasteiger partial charge in [-0.05, 0) is 24.3 Å². The van der Waals surface area contributed by atoms with Crippen molar-refractivity contribution in [3.05, 3.63) is 30.7 Å². The molecule has 1 aromatic heterocycles. The molecule has 0 aliphatic carbocycles. The average Bonchev–Trinajstić information content (AvgIpc) is 2.91. The zero-order valence-electron chi connectivity index (χ0n) is 10.9. The molecule has 0 unspecified atom stereocenters. The summed E-state index contributed by atoms with van der Waals surface area (Å²) in [7, 11) is 0. The molecule has 0 saturated heterocycles. The Morgan fingerprint density at radius 3 is 2.63 bits per heavy atom. The first-order chi connectivity index (χ1) is 9.15. The van der Waals surface area contributed by atoms with Gasteiger partial charge < -0.3 is 15.1 Å². The van der Waals surface area contributed by atoms with Gasteiger partial charge in [-0.2, -0.15) is 0 Å². The van der Waals surface area contributed by atoms with Crippen LogP contribution in [0.1, 0.15) is 13.8 Å². The van der Waals surface area contributed by atoms with E-state index >= 15 is 0 Å². The van der Waals surface area contributed by atoms with E-state index in [1.165, 1.54) is 6.39 Å². The standard InChI is InChI=1S/C13H16N4O2/c1-9(2)14-7-12(18)16-11-5-3-10(4-6-11)13-17-15-8-19-13/h3-6,8-9,14H,7H2,1-2H3,(H,16,18). The molecule has 0 aliphatic heterocycles. The third kappa shape index (κ3) is 3.89. The molecule has 6 nitrogen and oxygen atoms in total. The second-order valence-corrected chi connectivity index (χ2v) is 4.41. The number of anilines is 1. The SMILES string of the molecule is CC(C)NCC(=O)Nc1ccc(-c2nnco2)cc1. The van der Waals surface area contributed by atoms with E-state index in [-0.39, 0.29) is 11.9 Å². The molecule has 19 heavy (non-hydrogen) atoms. The van der Waals surface area contributed by atoms with Gasteiger partial charge in [0.25, 0.3) is 0 Å². The summed E-state index contributed by atoms with van der Waals surface area (Å²) < 4.78 is 5.09. The van der Waals surface area contributed by atoms with Crippen molar-refractivity contribution < 1.29 is 9.21 Å². The van der Waals surface area contributed by atoms with Gasteiger partial charge in [0.1, 0.15) is 0 Å². The highest BCUT2D eigenvalue weighted by molar-refractivity contribution is 5.92. The molecule has 1 amide bonds. The number of nitrogens with zero attached hydrogens (tertiary/aromatic N) is 2. The summed E-state index contributed by atoms with van der Waals surface area (Å²) in [5.74, 6) is 0.388. The minimum Gasteiger partial charge on any atom is -0.423 e. The maximum absolute atomic E-state index is 11.6. The van der Waals surface area contributed by atoms with Crippen LogP contribution in [-0.4, -0.2) is 28.7 Å². The third-order valence-electron chi connectivity index (χ3n) is 2.45. The van der Waals surface area contributed by atoms with Crippen LogP contribution in [0, 0.1) is 0 Å². The van der Waals surface area contributed by atoms with Gasteiger partial charge in [-0.1, -0.05) is 13.8 Å².